The topological polar surface area (TPSA) is 94.1 Å². The van der Waals surface area contributed by atoms with Gasteiger partial charge in [0.05, 0.1) is 7.11 Å². The summed E-state index contributed by atoms with van der Waals surface area (Å²) in [5.74, 6) is -1.18. The number of methoxy groups -OCH3 is 1. The number of hydrogen-bond acceptors (Lipinski definition) is 6. The van der Waals surface area contributed by atoms with E-state index in [2.05, 4.69) is 10.1 Å². The zero-order valence-electron chi connectivity index (χ0n) is 14.7. The van der Waals surface area contributed by atoms with E-state index in [1.807, 2.05) is 0 Å². The van der Waals surface area contributed by atoms with Crippen LogP contribution in [-0.4, -0.2) is 37.3 Å². The predicted molar refractivity (Wildman–Crippen MR) is 96.4 cm³/mol. The van der Waals surface area contributed by atoms with Crippen LogP contribution in [0.2, 0.25) is 0 Å². The summed E-state index contributed by atoms with van der Waals surface area (Å²) >= 11 is 0. The molecule has 2 aromatic rings. The second-order valence-electron chi connectivity index (χ2n) is 5.32. The number of rotatable bonds is 8. The number of carbonyl (C=O) groups is 2. The van der Waals surface area contributed by atoms with Crippen LogP contribution in [0.4, 0.5) is 14.5 Å². The highest BCUT2D eigenvalue weighted by molar-refractivity contribution is 5.94. The molecular formula is C19H17F2NO6. The molecule has 2 N–H and O–H groups in total. The molecule has 0 aliphatic carbocycles. The number of hydrogen-bond donors (Lipinski definition) is 2. The maximum atomic E-state index is 12.1. The fourth-order valence-electron chi connectivity index (χ4n) is 2.06. The summed E-state index contributed by atoms with van der Waals surface area (Å²) in [6.45, 7) is -3.47. The van der Waals surface area contributed by atoms with E-state index in [0.29, 0.717) is 11.3 Å². The number of alkyl halides is 2. The first-order valence-electron chi connectivity index (χ1n) is 7.94. The van der Waals surface area contributed by atoms with Gasteiger partial charge in [-0.15, -0.1) is 0 Å². The van der Waals surface area contributed by atoms with Crippen LogP contribution in [0, 0.1) is 0 Å². The van der Waals surface area contributed by atoms with E-state index >= 15 is 0 Å². The smallest absolute Gasteiger partial charge is 0.387 e. The van der Waals surface area contributed by atoms with E-state index in [0.717, 1.165) is 6.08 Å². The Kier molecular flexibility index (Phi) is 7.32. The van der Waals surface area contributed by atoms with Crippen LogP contribution in [0.1, 0.15) is 5.56 Å². The fourth-order valence-corrected chi connectivity index (χ4v) is 2.06. The lowest BCUT2D eigenvalue weighted by Crippen LogP contribution is -2.20. The van der Waals surface area contributed by atoms with Crippen LogP contribution in [0.5, 0.6) is 17.2 Å². The van der Waals surface area contributed by atoms with Gasteiger partial charge in [0, 0.05) is 11.8 Å². The van der Waals surface area contributed by atoms with Crippen LogP contribution in [0.3, 0.4) is 0 Å². The molecule has 148 valence electrons. The van der Waals surface area contributed by atoms with Gasteiger partial charge in [0.2, 0.25) is 0 Å². The molecule has 0 aliphatic rings. The largest absolute Gasteiger partial charge is 0.504 e. The van der Waals surface area contributed by atoms with E-state index in [4.69, 9.17) is 9.47 Å². The average molecular weight is 393 g/mol. The number of esters is 1. The number of anilines is 1. The molecule has 2 aromatic carbocycles. The first kappa shape index (κ1) is 20.7. The van der Waals surface area contributed by atoms with Crippen LogP contribution in [-0.2, 0) is 14.3 Å². The third kappa shape index (κ3) is 6.60. The molecule has 0 saturated carbocycles. The molecule has 7 nitrogen and oxygen atoms in total. The Morgan fingerprint density at radius 1 is 1.18 bits per heavy atom. The van der Waals surface area contributed by atoms with Gasteiger partial charge in [-0.3, -0.25) is 4.79 Å². The summed E-state index contributed by atoms with van der Waals surface area (Å²) in [4.78, 5) is 23.5. The highest BCUT2D eigenvalue weighted by Gasteiger charge is 2.08. The molecule has 0 saturated heterocycles. The lowest BCUT2D eigenvalue weighted by Gasteiger charge is -2.07. The van der Waals surface area contributed by atoms with Crippen LogP contribution in [0.25, 0.3) is 6.08 Å². The molecule has 1 amide bonds. The molecule has 0 fully saturated rings. The second kappa shape index (κ2) is 9.91. The molecule has 0 radical (unpaired) electrons. The number of nitrogens with one attached hydrogen (secondary N) is 1. The van der Waals surface area contributed by atoms with Crippen molar-refractivity contribution >= 4 is 23.6 Å². The SMILES string of the molecule is COc1cc(/C=C/C(=O)OCC(=O)Nc2ccc(OC(F)F)cc2)ccc1O. The van der Waals surface area contributed by atoms with Crippen LogP contribution < -0.4 is 14.8 Å². The molecule has 9 heteroatoms. The molecule has 0 unspecified atom stereocenters. The Morgan fingerprint density at radius 3 is 2.54 bits per heavy atom. The molecule has 2 rings (SSSR count). The van der Waals surface area contributed by atoms with Crippen molar-refractivity contribution in [2.45, 2.75) is 6.61 Å². The summed E-state index contributed by atoms with van der Waals surface area (Å²) in [7, 11) is 1.40. The predicted octanol–water partition coefficient (Wildman–Crippen LogP) is 3.20. The third-order valence-electron chi connectivity index (χ3n) is 3.32. The summed E-state index contributed by atoms with van der Waals surface area (Å²) in [6, 6.07) is 9.77. The maximum Gasteiger partial charge on any atom is 0.387 e. The summed E-state index contributed by atoms with van der Waals surface area (Å²) in [5, 5.41) is 12.0. The normalized spacial score (nSPS) is 10.7. The number of ether oxygens (including phenoxy) is 3. The maximum absolute atomic E-state index is 12.1. The molecule has 0 atom stereocenters. The molecular weight excluding hydrogens is 376 g/mol. The van der Waals surface area contributed by atoms with Crippen molar-refractivity contribution in [1.82, 2.24) is 0 Å². The number of aromatic hydroxyl groups is 1. The van der Waals surface area contributed by atoms with Crippen molar-refractivity contribution in [2.75, 3.05) is 19.0 Å². The van der Waals surface area contributed by atoms with E-state index in [9.17, 15) is 23.5 Å². The summed E-state index contributed by atoms with van der Waals surface area (Å²) in [6.07, 6.45) is 2.56. The van der Waals surface area contributed by atoms with Gasteiger partial charge < -0.3 is 24.6 Å². The monoisotopic (exact) mass is 393 g/mol. The van der Waals surface area contributed by atoms with Crippen molar-refractivity contribution in [1.29, 1.82) is 0 Å². The van der Waals surface area contributed by atoms with Crippen molar-refractivity contribution in [3.8, 4) is 17.2 Å². The van der Waals surface area contributed by atoms with Crippen LogP contribution >= 0.6 is 0 Å². The summed E-state index contributed by atoms with van der Waals surface area (Å²) < 4.78 is 38.1. The van der Waals surface area contributed by atoms with Gasteiger partial charge in [-0.2, -0.15) is 8.78 Å². The Morgan fingerprint density at radius 2 is 1.89 bits per heavy atom. The average Bonchev–Trinajstić information content (AvgIpc) is 2.67. The fraction of sp³-hybridized carbons (Fsp3) is 0.158. The number of amides is 1. The van der Waals surface area contributed by atoms with Gasteiger partial charge >= 0.3 is 12.6 Å². The van der Waals surface area contributed by atoms with Gasteiger partial charge in [0.15, 0.2) is 18.1 Å². The number of carbonyl (C=O) groups excluding carboxylic acids is 2. The minimum absolute atomic E-state index is 0.0345. The second-order valence-corrected chi connectivity index (χ2v) is 5.32. The Bertz CT molecular complexity index is 852. The van der Waals surface area contributed by atoms with E-state index < -0.39 is 25.1 Å². The van der Waals surface area contributed by atoms with Crippen molar-refractivity contribution in [3.05, 3.63) is 54.1 Å². The molecule has 0 aliphatic heterocycles. The first-order valence-corrected chi connectivity index (χ1v) is 7.94. The standard InChI is InChI=1S/C19H17F2NO6/c1-26-16-10-12(2-8-15(16)23)3-9-18(25)27-11-17(24)22-13-4-6-14(7-5-13)28-19(20)21/h2-10,19,23H,11H2,1H3,(H,22,24)/b9-3+. The van der Waals surface area contributed by atoms with Gasteiger partial charge in [-0.1, -0.05) is 6.07 Å². The van der Waals surface area contributed by atoms with E-state index in [-0.39, 0.29) is 17.2 Å². The Hall–Kier alpha value is -3.62. The van der Waals surface area contributed by atoms with E-state index in [1.165, 1.54) is 49.6 Å². The van der Waals surface area contributed by atoms with Gasteiger partial charge in [0.25, 0.3) is 5.91 Å². The lowest BCUT2D eigenvalue weighted by molar-refractivity contribution is -0.142. The highest BCUT2D eigenvalue weighted by atomic mass is 19.3. The lowest BCUT2D eigenvalue weighted by atomic mass is 10.2. The first-order chi connectivity index (χ1) is 13.4. The van der Waals surface area contributed by atoms with Crippen molar-refractivity contribution in [2.24, 2.45) is 0 Å². The zero-order chi connectivity index (χ0) is 20.5. The van der Waals surface area contributed by atoms with Gasteiger partial charge in [-0.05, 0) is 48.0 Å². The highest BCUT2D eigenvalue weighted by Crippen LogP contribution is 2.26. The molecule has 28 heavy (non-hydrogen) atoms. The molecule has 0 bridgehead atoms. The van der Waals surface area contributed by atoms with Crippen molar-refractivity contribution in [3.63, 3.8) is 0 Å². The van der Waals surface area contributed by atoms with Gasteiger partial charge in [-0.25, -0.2) is 4.79 Å². The zero-order valence-corrected chi connectivity index (χ0v) is 14.7. The van der Waals surface area contributed by atoms with Crippen LogP contribution in [0.15, 0.2) is 48.5 Å². The molecule has 0 heterocycles. The molecule has 0 aromatic heterocycles. The number of halogens is 2. The number of phenols is 1. The van der Waals surface area contributed by atoms with E-state index in [1.54, 1.807) is 6.07 Å². The number of benzene rings is 2. The number of phenolic OH excluding ortho intramolecular Hbond substituents is 1. The third-order valence-corrected chi connectivity index (χ3v) is 3.32. The minimum Gasteiger partial charge on any atom is -0.504 e. The quantitative estimate of drug-likeness (QED) is 0.528. The Labute approximate surface area is 159 Å². The summed E-state index contributed by atoms with van der Waals surface area (Å²) in [5.41, 5.74) is 0.913. The minimum atomic E-state index is -2.93. The van der Waals surface area contributed by atoms with Gasteiger partial charge in [0.1, 0.15) is 5.75 Å². The van der Waals surface area contributed by atoms with Crippen molar-refractivity contribution < 1.29 is 37.7 Å². The Balaban J connectivity index is 1.81. The molecule has 0 spiro atoms.